The van der Waals surface area contributed by atoms with Crippen LogP contribution in [0.3, 0.4) is 0 Å². The monoisotopic (exact) mass is 274 g/mol. The SMILES string of the molecule is Cc1ccc(CN(C)Cc2cccc(N)c2)c(Cl)c1. The maximum atomic E-state index is 6.26. The van der Waals surface area contributed by atoms with E-state index in [1.54, 1.807) is 0 Å². The molecule has 0 spiro atoms. The molecule has 0 atom stereocenters. The molecule has 0 amide bonds. The number of halogens is 1. The van der Waals surface area contributed by atoms with Crippen LogP contribution in [-0.4, -0.2) is 11.9 Å². The molecular weight excluding hydrogens is 256 g/mol. The molecule has 3 heteroatoms. The van der Waals surface area contributed by atoms with Crippen molar-refractivity contribution in [1.29, 1.82) is 0 Å². The van der Waals surface area contributed by atoms with Crippen LogP contribution < -0.4 is 5.73 Å². The summed E-state index contributed by atoms with van der Waals surface area (Å²) in [7, 11) is 2.08. The molecule has 19 heavy (non-hydrogen) atoms. The van der Waals surface area contributed by atoms with E-state index in [1.807, 2.05) is 31.2 Å². The third kappa shape index (κ3) is 3.98. The molecule has 2 rings (SSSR count). The first kappa shape index (κ1) is 13.9. The fourth-order valence-corrected chi connectivity index (χ4v) is 2.43. The zero-order chi connectivity index (χ0) is 13.8. The normalized spacial score (nSPS) is 10.9. The molecule has 2 aromatic rings. The van der Waals surface area contributed by atoms with Gasteiger partial charge in [-0.15, -0.1) is 0 Å². The first-order chi connectivity index (χ1) is 9.04. The summed E-state index contributed by atoms with van der Waals surface area (Å²) in [4.78, 5) is 2.23. The highest BCUT2D eigenvalue weighted by atomic mass is 35.5. The second kappa shape index (κ2) is 6.09. The second-order valence-corrected chi connectivity index (χ2v) is 5.42. The molecule has 0 unspecified atom stereocenters. The summed E-state index contributed by atoms with van der Waals surface area (Å²) in [5.74, 6) is 0. The summed E-state index contributed by atoms with van der Waals surface area (Å²) >= 11 is 6.26. The Morgan fingerprint density at radius 3 is 2.58 bits per heavy atom. The van der Waals surface area contributed by atoms with Gasteiger partial charge in [-0.1, -0.05) is 35.9 Å². The van der Waals surface area contributed by atoms with Crippen LogP contribution in [0, 0.1) is 6.92 Å². The van der Waals surface area contributed by atoms with Gasteiger partial charge in [-0.3, -0.25) is 4.90 Å². The molecule has 0 aliphatic carbocycles. The van der Waals surface area contributed by atoms with Crippen LogP contribution in [0.1, 0.15) is 16.7 Å². The van der Waals surface area contributed by atoms with Crippen LogP contribution >= 0.6 is 11.6 Å². The van der Waals surface area contributed by atoms with Crippen molar-refractivity contribution >= 4 is 17.3 Å². The minimum atomic E-state index is 0.805. The molecule has 0 radical (unpaired) electrons. The summed E-state index contributed by atoms with van der Waals surface area (Å²) in [5.41, 5.74) is 10.1. The van der Waals surface area contributed by atoms with Crippen molar-refractivity contribution in [3.05, 3.63) is 64.2 Å². The van der Waals surface area contributed by atoms with Gasteiger partial charge < -0.3 is 5.73 Å². The van der Waals surface area contributed by atoms with E-state index in [-0.39, 0.29) is 0 Å². The Hall–Kier alpha value is -1.51. The van der Waals surface area contributed by atoms with Gasteiger partial charge in [-0.2, -0.15) is 0 Å². The van der Waals surface area contributed by atoms with E-state index in [0.29, 0.717) is 0 Å². The molecular formula is C16H19ClN2. The number of hydrogen-bond acceptors (Lipinski definition) is 2. The minimum Gasteiger partial charge on any atom is -0.399 e. The van der Waals surface area contributed by atoms with Crippen molar-refractivity contribution in [2.24, 2.45) is 0 Å². The van der Waals surface area contributed by atoms with Gasteiger partial charge >= 0.3 is 0 Å². The zero-order valence-corrected chi connectivity index (χ0v) is 12.1. The lowest BCUT2D eigenvalue weighted by atomic mass is 10.1. The summed E-state index contributed by atoms with van der Waals surface area (Å²) in [6, 6.07) is 14.2. The van der Waals surface area contributed by atoms with Gasteiger partial charge in [0, 0.05) is 23.8 Å². The van der Waals surface area contributed by atoms with E-state index < -0.39 is 0 Å². The van der Waals surface area contributed by atoms with Gasteiger partial charge in [0.15, 0.2) is 0 Å². The standard InChI is InChI=1S/C16H19ClN2/c1-12-6-7-14(16(17)8-12)11-19(2)10-13-4-3-5-15(18)9-13/h3-9H,10-11,18H2,1-2H3. The van der Waals surface area contributed by atoms with Crippen molar-refractivity contribution in [2.75, 3.05) is 12.8 Å². The average molecular weight is 275 g/mol. The van der Waals surface area contributed by atoms with Crippen molar-refractivity contribution < 1.29 is 0 Å². The van der Waals surface area contributed by atoms with Gasteiger partial charge in [0.25, 0.3) is 0 Å². The van der Waals surface area contributed by atoms with Crippen molar-refractivity contribution in [3.8, 4) is 0 Å². The third-order valence-electron chi connectivity index (χ3n) is 3.05. The molecule has 0 aliphatic heterocycles. The number of nitrogens with two attached hydrogens (primary N) is 1. The van der Waals surface area contributed by atoms with E-state index in [9.17, 15) is 0 Å². The number of aryl methyl sites for hydroxylation is 1. The molecule has 2 nitrogen and oxygen atoms in total. The molecule has 0 saturated carbocycles. The van der Waals surface area contributed by atoms with Crippen molar-refractivity contribution in [2.45, 2.75) is 20.0 Å². The predicted molar refractivity (Wildman–Crippen MR) is 82.2 cm³/mol. The first-order valence-corrected chi connectivity index (χ1v) is 6.70. The maximum absolute atomic E-state index is 6.26. The van der Waals surface area contributed by atoms with Crippen LogP contribution in [0.25, 0.3) is 0 Å². The van der Waals surface area contributed by atoms with Gasteiger partial charge in [-0.05, 0) is 48.9 Å². The fraction of sp³-hybridized carbons (Fsp3) is 0.250. The Labute approximate surface area is 119 Å². The van der Waals surface area contributed by atoms with Gasteiger partial charge in [0.1, 0.15) is 0 Å². The Balaban J connectivity index is 2.03. The highest BCUT2D eigenvalue weighted by Gasteiger charge is 2.05. The van der Waals surface area contributed by atoms with E-state index in [1.165, 1.54) is 11.1 Å². The number of hydrogen-bond donors (Lipinski definition) is 1. The molecule has 100 valence electrons. The smallest absolute Gasteiger partial charge is 0.0453 e. The molecule has 0 saturated heterocycles. The second-order valence-electron chi connectivity index (χ2n) is 5.01. The molecule has 0 aromatic heterocycles. The topological polar surface area (TPSA) is 29.3 Å². The zero-order valence-electron chi connectivity index (χ0n) is 11.4. The average Bonchev–Trinajstić information content (AvgIpc) is 2.33. The van der Waals surface area contributed by atoms with Gasteiger partial charge in [-0.25, -0.2) is 0 Å². The number of nitrogens with zero attached hydrogens (tertiary/aromatic N) is 1. The van der Waals surface area contributed by atoms with Crippen LogP contribution in [0.2, 0.25) is 5.02 Å². The predicted octanol–water partition coefficient (Wildman–Crippen LogP) is 3.86. The summed E-state index contributed by atoms with van der Waals surface area (Å²) < 4.78 is 0. The van der Waals surface area contributed by atoms with E-state index >= 15 is 0 Å². The van der Waals surface area contributed by atoms with Crippen molar-refractivity contribution in [3.63, 3.8) is 0 Å². The first-order valence-electron chi connectivity index (χ1n) is 6.32. The molecule has 0 fully saturated rings. The third-order valence-corrected chi connectivity index (χ3v) is 3.40. The fourth-order valence-electron chi connectivity index (χ4n) is 2.13. The lowest BCUT2D eigenvalue weighted by Crippen LogP contribution is -2.17. The molecule has 0 bridgehead atoms. The number of nitrogen functional groups attached to an aromatic ring is 1. The minimum absolute atomic E-state index is 0.805. The van der Waals surface area contributed by atoms with Gasteiger partial charge in [0.2, 0.25) is 0 Å². The summed E-state index contributed by atoms with van der Waals surface area (Å²) in [6.07, 6.45) is 0. The largest absolute Gasteiger partial charge is 0.399 e. The Morgan fingerprint density at radius 1 is 1.11 bits per heavy atom. The number of rotatable bonds is 4. The molecule has 2 N–H and O–H groups in total. The van der Waals surface area contributed by atoms with Crippen molar-refractivity contribution in [1.82, 2.24) is 4.90 Å². The Morgan fingerprint density at radius 2 is 1.89 bits per heavy atom. The highest BCUT2D eigenvalue weighted by Crippen LogP contribution is 2.19. The van der Waals surface area contributed by atoms with E-state index in [0.717, 1.165) is 29.4 Å². The lowest BCUT2D eigenvalue weighted by Gasteiger charge is -2.18. The Kier molecular flexibility index (Phi) is 4.46. The summed E-state index contributed by atoms with van der Waals surface area (Å²) in [6.45, 7) is 3.73. The molecule has 2 aromatic carbocycles. The van der Waals surface area contributed by atoms with Crippen LogP contribution in [-0.2, 0) is 13.1 Å². The van der Waals surface area contributed by atoms with Crippen LogP contribution in [0.4, 0.5) is 5.69 Å². The number of benzene rings is 2. The highest BCUT2D eigenvalue weighted by molar-refractivity contribution is 6.31. The number of anilines is 1. The van der Waals surface area contributed by atoms with E-state index in [4.69, 9.17) is 17.3 Å². The van der Waals surface area contributed by atoms with Crippen LogP contribution in [0.15, 0.2) is 42.5 Å². The summed E-state index contributed by atoms with van der Waals surface area (Å²) in [5, 5.41) is 0.833. The van der Waals surface area contributed by atoms with Gasteiger partial charge in [0.05, 0.1) is 0 Å². The molecule has 0 heterocycles. The lowest BCUT2D eigenvalue weighted by molar-refractivity contribution is 0.319. The Bertz CT molecular complexity index is 566. The van der Waals surface area contributed by atoms with Crippen LogP contribution in [0.5, 0.6) is 0 Å². The molecule has 0 aliphatic rings. The van der Waals surface area contributed by atoms with E-state index in [2.05, 4.69) is 30.1 Å². The maximum Gasteiger partial charge on any atom is 0.0453 e. The quantitative estimate of drug-likeness (QED) is 0.858.